The van der Waals surface area contributed by atoms with Crippen LogP contribution in [0.25, 0.3) is 0 Å². The zero-order valence-corrected chi connectivity index (χ0v) is 13.3. The van der Waals surface area contributed by atoms with Crippen LogP contribution in [0.2, 0.25) is 0 Å². The van der Waals surface area contributed by atoms with Gasteiger partial charge in [0.05, 0.1) is 5.60 Å². The fourth-order valence-electron chi connectivity index (χ4n) is 4.67. The molecule has 0 radical (unpaired) electrons. The lowest BCUT2D eigenvalue weighted by molar-refractivity contribution is -0.150. The second kappa shape index (κ2) is 7.40. The molecule has 0 bridgehead atoms. The third-order valence-electron chi connectivity index (χ3n) is 6.08. The Balaban J connectivity index is 1.52. The average Bonchev–Trinajstić information content (AvgIpc) is 3.02. The third-order valence-corrected chi connectivity index (χ3v) is 6.08. The molecule has 4 heteroatoms. The minimum Gasteiger partial charge on any atom is -0.381 e. The summed E-state index contributed by atoms with van der Waals surface area (Å²) in [6.07, 6.45) is 12.8. The molecule has 4 nitrogen and oxygen atoms in total. The van der Waals surface area contributed by atoms with Crippen molar-refractivity contribution < 1.29 is 9.47 Å². The van der Waals surface area contributed by atoms with E-state index in [-0.39, 0.29) is 5.60 Å². The monoisotopic (exact) mass is 296 g/mol. The van der Waals surface area contributed by atoms with Gasteiger partial charge in [0.15, 0.2) is 0 Å². The normalized spacial score (nSPS) is 31.6. The Morgan fingerprint density at radius 3 is 2.57 bits per heavy atom. The summed E-state index contributed by atoms with van der Waals surface area (Å²) in [5.74, 6) is 7.52. The fourth-order valence-corrected chi connectivity index (χ4v) is 4.67. The van der Waals surface area contributed by atoms with Gasteiger partial charge in [0.1, 0.15) is 0 Å². The molecule has 3 N–H and O–H groups in total. The number of ether oxygens (including phenoxy) is 2. The molecule has 0 aromatic rings. The summed E-state index contributed by atoms with van der Waals surface area (Å²) in [7, 11) is 0. The van der Waals surface area contributed by atoms with Gasteiger partial charge in [-0.3, -0.25) is 11.3 Å². The van der Waals surface area contributed by atoms with E-state index in [0.29, 0.717) is 12.0 Å². The van der Waals surface area contributed by atoms with Crippen molar-refractivity contribution in [3.8, 4) is 0 Å². The van der Waals surface area contributed by atoms with Gasteiger partial charge in [0.25, 0.3) is 0 Å². The lowest BCUT2D eigenvalue weighted by atomic mass is 9.76. The van der Waals surface area contributed by atoms with Crippen molar-refractivity contribution in [3.63, 3.8) is 0 Å². The number of nitrogens with two attached hydrogens (primary N) is 1. The predicted octanol–water partition coefficient (Wildman–Crippen LogP) is 2.76. The zero-order valence-electron chi connectivity index (χ0n) is 13.3. The maximum Gasteiger partial charge on any atom is 0.0729 e. The molecule has 21 heavy (non-hydrogen) atoms. The highest BCUT2D eigenvalue weighted by molar-refractivity contribution is 4.92. The molecule has 0 aromatic carbocycles. The van der Waals surface area contributed by atoms with Crippen LogP contribution < -0.4 is 11.3 Å². The lowest BCUT2D eigenvalue weighted by Crippen LogP contribution is -2.50. The number of rotatable bonds is 5. The summed E-state index contributed by atoms with van der Waals surface area (Å²) in [6.45, 7) is 2.61. The van der Waals surface area contributed by atoms with E-state index < -0.39 is 0 Å². The van der Waals surface area contributed by atoms with Crippen LogP contribution in [-0.2, 0) is 9.47 Å². The topological polar surface area (TPSA) is 56.5 Å². The molecule has 2 aliphatic heterocycles. The van der Waals surface area contributed by atoms with E-state index >= 15 is 0 Å². The summed E-state index contributed by atoms with van der Waals surface area (Å²) in [5.41, 5.74) is 3.22. The minimum atomic E-state index is 0.0869. The molecule has 1 spiro atoms. The molecule has 3 fully saturated rings. The van der Waals surface area contributed by atoms with E-state index in [1.165, 1.54) is 38.5 Å². The molecule has 2 atom stereocenters. The summed E-state index contributed by atoms with van der Waals surface area (Å²) < 4.78 is 11.7. The maximum atomic E-state index is 6.16. The number of hydrogen-bond donors (Lipinski definition) is 2. The van der Waals surface area contributed by atoms with Crippen LogP contribution in [0.3, 0.4) is 0 Å². The first-order chi connectivity index (χ1) is 10.3. The Hall–Kier alpha value is -0.160. The van der Waals surface area contributed by atoms with Crippen molar-refractivity contribution in [1.82, 2.24) is 5.43 Å². The first-order valence-electron chi connectivity index (χ1n) is 8.99. The molecule has 122 valence electrons. The van der Waals surface area contributed by atoms with E-state index in [4.69, 9.17) is 15.3 Å². The number of hydrogen-bond acceptors (Lipinski definition) is 4. The van der Waals surface area contributed by atoms with Crippen LogP contribution in [0.4, 0.5) is 0 Å². The smallest absolute Gasteiger partial charge is 0.0729 e. The minimum absolute atomic E-state index is 0.0869. The van der Waals surface area contributed by atoms with Gasteiger partial charge >= 0.3 is 0 Å². The van der Waals surface area contributed by atoms with Gasteiger partial charge in [-0.1, -0.05) is 25.7 Å². The second-order valence-electron chi connectivity index (χ2n) is 7.40. The van der Waals surface area contributed by atoms with Gasteiger partial charge < -0.3 is 9.47 Å². The Morgan fingerprint density at radius 1 is 1.10 bits per heavy atom. The molecular weight excluding hydrogens is 264 g/mol. The zero-order chi connectivity index (χ0) is 14.5. The molecule has 1 saturated carbocycles. The molecule has 3 rings (SSSR count). The standard InChI is InChI=1S/C17H32N2O2/c18-19-16(6-5-14-3-1-2-4-14)15-7-10-21-17(13-15)8-11-20-12-9-17/h14-16,19H,1-13,18H2. The van der Waals surface area contributed by atoms with E-state index in [1.54, 1.807) is 0 Å². The van der Waals surface area contributed by atoms with Gasteiger partial charge in [-0.25, -0.2) is 0 Å². The molecule has 1 aliphatic carbocycles. The Labute approximate surface area is 129 Å². The van der Waals surface area contributed by atoms with Crippen molar-refractivity contribution in [1.29, 1.82) is 0 Å². The van der Waals surface area contributed by atoms with Gasteiger partial charge in [0.2, 0.25) is 0 Å². The molecule has 2 unspecified atom stereocenters. The highest BCUT2D eigenvalue weighted by Gasteiger charge is 2.41. The van der Waals surface area contributed by atoms with Gasteiger partial charge in [0, 0.05) is 25.9 Å². The Morgan fingerprint density at radius 2 is 1.86 bits per heavy atom. The average molecular weight is 296 g/mol. The van der Waals surface area contributed by atoms with Crippen LogP contribution in [0.15, 0.2) is 0 Å². The van der Waals surface area contributed by atoms with Crippen LogP contribution in [0.1, 0.15) is 64.2 Å². The quantitative estimate of drug-likeness (QED) is 0.605. The summed E-state index contributed by atoms with van der Waals surface area (Å²) in [5, 5.41) is 0. The summed E-state index contributed by atoms with van der Waals surface area (Å²) in [6, 6.07) is 0.467. The first kappa shape index (κ1) is 15.7. The molecule has 3 aliphatic rings. The third kappa shape index (κ3) is 3.98. The van der Waals surface area contributed by atoms with Crippen LogP contribution >= 0.6 is 0 Å². The van der Waals surface area contributed by atoms with Crippen molar-refractivity contribution in [2.75, 3.05) is 19.8 Å². The van der Waals surface area contributed by atoms with Gasteiger partial charge in [-0.2, -0.15) is 0 Å². The van der Waals surface area contributed by atoms with Crippen LogP contribution in [0.5, 0.6) is 0 Å². The SMILES string of the molecule is NNC(CCC1CCCC1)C1CCOC2(CCOCC2)C1. The predicted molar refractivity (Wildman–Crippen MR) is 83.8 cm³/mol. The highest BCUT2D eigenvalue weighted by Crippen LogP contribution is 2.39. The van der Waals surface area contributed by atoms with E-state index in [1.807, 2.05) is 0 Å². The van der Waals surface area contributed by atoms with Crippen molar-refractivity contribution in [3.05, 3.63) is 0 Å². The van der Waals surface area contributed by atoms with Crippen molar-refractivity contribution in [2.45, 2.75) is 75.9 Å². The molecule has 0 aromatic heterocycles. The number of nitrogens with one attached hydrogen (secondary N) is 1. The molecular formula is C17H32N2O2. The summed E-state index contributed by atoms with van der Waals surface area (Å²) >= 11 is 0. The fraction of sp³-hybridized carbons (Fsp3) is 1.00. The maximum absolute atomic E-state index is 6.16. The molecule has 0 amide bonds. The number of hydrazine groups is 1. The van der Waals surface area contributed by atoms with Crippen molar-refractivity contribution >= 4 is 0 Å². The molecule has 2 heterocycles. The van der Waals surface area contributed by atoms with E-state index in [9.17, 15) is 0 Å². The van der Waals surface area contributed by atoms with E-state index in [2.05, 4.69) is 5.43 Å². The van der Waals surface area contributed by atoms with Gasteiger partial charge in [-0.05, 0) is 50.4 Å². The highest BCUT2D eigenvalue weighted by atomic mass is 16.5. The summed E-state index contributed by atoms with van der Waals surface area (Å²) in [4.78, 5) is 0. The Bertz CT molecular complexity index is 306. The molecule has 2 saturated heterocycles. The van der Waals surface area contributed by atoms with E-state index in [0.717, 1.165) is 51.4 Å². The first-order valence-corrected chi connectivity index (χ1v) is 8.99. The lowest BCUT2D eigenvalue weighted by Gasteiger charge is -2.45. The largest absolute Gasteiger partial charge is 0.381 e. The Kier molecular flexibility index (Phi) is 5.54. The van der Waals surface area contributed by atoms with Gasteiger partial charge in [-0.15, -0.1) is 0 Å². The second-order valence-corrected chi connectivity index (χ2v) is 7.40. The van der Waals surface area contributed by atoms with Crippen LogP contribution in [-0.4, -0.2) is 31.5 Å². The van der Waals surface area contributed by atoms with Crippen molar-refractivity contribution in [2.24, 2.45) is 17.7 Å². The van der Waals surface area contributed by atoms with Crippen LogP contribution in [0, 0.1) is 11.8 Å².